The predicted molar refractivity (Wildman–Crippen MR) is 64.1 cm³/mol. The minimum absolute atomic E-state index is 0.0703. The summed E-state index contributed by atoms with van der Waals surface area (Å²) in [7, 11) is 0. The third-order valence-electron chi connectivity index (χ3n) is 4.05. The molecule has 2 rings (SSSR count). The van der Waals surface area contributed by atoms with E-state index in [1.165, 1.54) is 0 Å². The number of likely N-dealkylation sites (tertiary alicyclic amines) is 1. The molecule has 2 atom stereocenters. The highest BCUT2D eigenvalue weighted by atomic mass is 16.2. The Kier molecular flexibility index (Phi) is 3.12. The van der Waals surface area contributed by atoms with E-state index in [0.29, 0.717) is 6.54 Å². The van der Waals surface area contributed by atoms with Crippen LogP contribution in [-0.4, -0.2) is 42.4 Å². The predicted octanol–water partition coefficient (Wildman–Crippen LogP) is -0.292. The molecule has 2 saturated heterocycles. The molecule has 0 aromatic carbocycles. The van der Waals surface area contributed by atoms with Crippen LogP contribution in [0.15, 0.2) is 0 Å². The van der Waals surface area contributed by atoms with Gasteiger partial charge in [-0.3, -0.25) is 9.59 Å². The van der Waals surface area contributed by atoms with E-state index in [2.05, 4.69) is 5.32 Å². The number of nitrogens with one attached hydrogen (secondary N) is 1. The lowest BCUT2D eigenvalue weighted by atomic mass is 9.85. The standard InChI is InChI=1S/C12H21N3O2/c1-8(2)9(10(13)16)15-6-4-12(11(15)17)3-5-14-7-12/h8-9,14H,3-7H2,1-2H3,(H2,13,16)/t9?,12-/m1/s1. The van der Waals surface area contributed by atoms with E-state index >= 15 is 0 Å². The largest absolute Gasteiger partial charge is 0.368 e. The van der Waals surface area contributed by atoms with Crippen LogP contribution in [0.25, 0.3) is 0 Å². The zero-order valence-corrected chi connectivity index (χ0v) is 10.5. The Labute approximate surface area is 102 Å². The number of primary amides is 1. The highest BCUT2D eigenvalue weighted by molar-refractivity contribution is 5.91. The van der Waals surface area contributed by atoms with E-state index in [0.717, 1.165) is 25.9 Å². The molecule has 2 fully saturated rings. The molecule has 3 N–H and O–H groups in total. The number of carbonyl (C=O) groups excluding carboxylic acids is 2. The van der Waals surface area contributed by atoms with Gasteiger partial charge >= 0.3 is 0 Å². The van der Waals surface area contributed by atoms with Gasteiger partial charge in [-0.25, -0.2) is 0 Å². The van der Waals surface area contributed by atoms with Crippen LogP contribution in [0.3, 0.4) is 0 Å². The van der Waals surface area contributed by atoms with Gasteiger partial charge in [0, 0.05) is 13.1 Å². The fourth-order valence-corrected chi connectivity index (χ4v) is 3.09. The molecule has 5 nitrogen and oxygen atoms in total. The second-order valence-corrected chi connectivity index (χ2v) is 5.55. The van der Waals surface area contributed by atoms with Crippen molar-refractivity contribution in [2.24, 2.45) is 17.1 Å². The van der Waals surface area contributed by atoms with Crippen LogP contribution in [0.4, 0.5) is 0 Å². The lowest BCUT2D eigenvalue weighted by Crippen LogP contribution is -2.50. The van der Waals surface area contributed by atoms with Crippen molar-refractivity contribution in [3.05, 3.63) is 0 Å². The van der Waals surface area contributed by atoms with Crippen molar-refractivity contribution in [3.63, 3.8) is 0 Å². The minimum atomic E-state index is -0.456. The topological polar surface area (TPSA) is 75.4 Å². The van der Waals surface area contributed by atoms with Gasteiger partial charge in [-0.1, -0.05) is 13.8 Å². The monoisotopic (exact) mass is 239 g/mol. The normalized spacial score (nSPS) is 30.5. The number of hydrogen-bond acceptors (Lipinski definition) is 3. The molecule has 2 heterocycles. The Balaban J connectivity index is 2.18. The van der Waals surface area contributed by atoms with Crippen molar-refractivity contribution in [2.75, 3.05) is 19.6 Å². The second kappa shape index (κ2) is 4.29. The Morgan fingerprint density at radius 3 is 2.65 bits per heavy atom. The quantitative estimate of drug-likeness (QED) is 0.710. The molecule has 0 saturated carbocycles. The molecule has 2 aliphatic rings. The molecular weight excluding hydrogens is 218 g/mol. The number of amides is 2. The van der Waals surface area contributed by atoms with Gasteiger partial charge in [0.15, 0.2) is 0 Å². The van der Waals surface area contributed by atoms with E-state index in [1.54, 1.807) is 4.90 Å². The van der Waals surface area contributed by atoms with Crippen molar-refractivity contribution in [2.45, 2.75) is 32.7 Å². The molecule has 0 aromatic heterocycles. The number of rotatable bonds is 3. The van der Waals surface area contributed by atoms with Gasteiger partial charge in [-0.2, -0.15) is 0 Å². The first kappa shape index (κ1) is 12.4. The maximum Gasteiger partial charge on any atom is 0.240 e. The first-order valence-corrected chi connectivity index (χ1v) is 6.29. The van der Waals surface area contributed by atoms with Crippen molar-refractivity contribution in [1.29, 1.82) is 0 Å². The molecule has 96 valence electrons. The van der Waals surface area contributed by atoms with E-state index in [9.17, 15) is 9.59 Å². The summed E-state index contributed by atoms with van der Waals surface area (Å²) in [4.78, 5) is 25.6. The molecule has 0 aromatic rings. The van der Waals surface area contributed by atoms with E-state index in [4.69, 9.17) is 5.73 Å². The van der Waals surface area contributed by atoms with Crippen molar-refractivity contribution < 1.29 is 9.59 Å². The van der Waals surface area contributed by atoms with Crippen LogP contribution in [0, 0.1) is 11.3 Å². The van der Waals surface area contributed by atoms with Gasteiger partial charge in [-0.15, -0.1) is 0 Å². The maximum atomic E-state index is 12.5. The summed E-state index contributed by atoms with van der Waals surface area (Å²) < 4.78 is 0. The van der Waals surface area contributed by atoms with Crippen LogP contribution in [0.1, 0.15) is 26.7 Å². The first-order chi connectivity index (χ1) is 7.98. The average molecular weight is 239 g/mol. The van der Waals surface area contributed by atoms with Gasteiger partial charge in [0.2, 0.25) is 11.8 Å². The third kappa shape index (κ3) is 1.92. The molecule has 17 heavy (non-hydrogen) atoms. The van der Waals surface area contributed by atoms with Crippen LogP contribution in [0.5, 0.6) is 0 Å². The first-order valence-electron chi connectivity index (χ1n) is 6.29. The van der Waals surface area contributed by atoms with Gasteiger partial charge < -0.3 is 16.0 Å². The molecule has 0 bridgehead atoms. The van der Waals surface area contributed by atoms with Crippen molar-refractivity contribution >= 4 is 11.8 Å². The molecule has 0 aliphatic carbocycles. The summed E-state index contributed by atoms with van der Waals surface area (Å²) in [5, 5.41) is 3.24. The van der Waals surface area contributed by atoms with Gasteiger partial charge in [0.25, 0.3) is 0 Å². The molecular formula is C12H21N3O2. The Hall–Kier alpha value is -1.10. The van der Waals surface area contributed by atoms with Gasteiger partial charge in [0.1, 0.15) is 6.04 Å². The average Bonchev–Trinajstić information content (AvgIpc) is 2.81. The lowest BCUT2D eigenvalue weighted by Gasteiger charge is -2.30. The molecule has 2 amide bonds. The smallest absolute Gasteiger partial charge is 0.240 e. The molecule has 5 heteroatoms. The van der Waals surface area contributed by atoms with E-state index in [-0.39, 0.29) is 17.2 Å². The summed E-state index contributed by atoms with van der Waals surface area (Å²) in [5.74, 6) is -0.211. The van der Waals surface area contributed by atoms with Gasteiger partial charge in [-0.05, 0) is 25.3 Å². The SMILES string of the molecule is CC(C)C(C(N)=O)N1CC[C@@]2(CCNC2)C1=O. The fourth-order valence-electron chi connectivity index (χ4n) is 3.09. The summed E-state index contributed by atoms with van der Waals surface area (Å²) in [5.41, 5.74) is 5.16. The Morgan fingerprint density at radius 2 is 2.18 bits per heavy atom. The van der Waals surface area contributed by atoms with Gasteiger partial charge in [0.05, 0.1) is 5.41 Å². The lowest BCUT2D eigenvalue weighted by molar-refractivity contribution is -0.142. The molecule has 1 spiro atoms. The summed E-state index contributed by atoms with van der Waals surface area (Å²) in [6, 6.07) is -0.456. The number of carbonyl (C=O) groups is 2. The van der Waals surface area contributed by atoms with Crippen LogP contribution < -0.4 is 11.1 Å². The third-order valence-corrected chi connectivity index (χ3v) is 4.05. The summed E-state index contributed by atoms with van der Waals surface area (Å²) in [6.07, 6.45) is 1.72. The highest BCUT2D eigenvalue weighted by Gasteiger charge is 2.51. The summed E-state index contributed by atoms with van der Waals surface area (Å²) in [6.45, 7) is 6.15. The molecule has 1 unspecified atom stereocenters. The number of nitrogens with two attached hydrogens (primary N) is 1. The maximum absolute atomic E-state index is 12.5. The van der Waals surface area contributed by atoms with Crippen LogP contribution in [-0.2, 0) is 9.59 Å². The van der Waals surface area contributed by atoms with E-state index in [1.807, 2.05) is 13.8 Å². The number of hydrogen-bond donors (Lipinski definition) is 2. The Morgan fingerprint density at radius 1 is 1.47 bits per heavy atom. The van der Waals surface area contributed by atoms with E-state index < -0.39 is 11.9 Å². The van der Waals surface area contributed by atoms with Crippen LogP contribution in [0.2, 0.25) is 0 Å². The minimum Gasteiger partial charge on any atom is -0.368 e. The zero-order chi connectivity index (χ0) is 12.6. The molecule has 0 radical (unpaired) electrons. The second-order valence-electron chi connectivity index (χ2n) is 5.55. The molecule has 2 aliphatic heterocycles. The number of nitrogens with zero attached hydrogens (tertiary/aromatic N) is 1. The Bertz CT molecular complexity index is 335. The summed E-state index contributed by atoms with van der Waals surface area (Å²) >= 11 is 0. The highest BCUT2D eigenvalue weighted by Crippen LogP contribution is 2.38. The van der Waals surface area contributed by atoms with Crippen LogP contribution >= 0.6 is 0 Å². The van der Waals surface area contributed by atoms with Crippen molar-refractivity contribution in [1.82, 2.24) is 10.2 Å². The zero-order valence-electron chi connectivity index (χ0n) is 10.5. The fraction of sp³-hybridized carbons (Fsp3) is 0.833. The van der Waals surface area contributed by atoms with Crippen molar-refractivity contribution in [3.8, 4) is 0 Å².